The van der Waals surface area contributed by atoms with Gasteiger partial charge in [0.15, 0.2) is 0 Å². The molecule has 0 aliphatic carbocycles. The molecule has 5 nitrogen and oxygen atoms in total. The van der Waals surface area contributed by atoms with E-state index in [0.717, 1.165) is 30.2 Å². The highest BCUT2D eigenvalue weighted by Gasteiger charge is 2.06. The maximum atomic E-state index is 12.0. The van der Waals surface area contributed by atoms with Crippen LogP contribution in [0.4, 0.5) is 0 Å². The highest BCUT2D eigenvalue weighted by atomic mass is 16.4. The fourth-order valence-corrected chi connectivity index (χ4v) is 2.25. The summed E-state index contributed by atoms with van der Waals surface area (Å²) in [4.78, 5) is 25.4. The molecule has 5 heteroatoms. The number of carboxylic acids is 1. The van der Waals surface area contributed by atoms with E-state index in [4.69, 9.17) is 5.11 Å². The molecule has 1 aromatic carbocycles. The number of unbranched alkanes of at least 4 members (excludes halogenated alkanes) is 3. The Bertz CT molecular complexity index is 619. The van der Waals surface area contributed by atoms with Crippen molar-refractivity contribution >= 4 is 22.8 Å². The predicted molar refractivity (Wildman–Crippen MR) is 81.4 cm³/mol. The lowest BCUT2D eigenvalue weighted by atomic mass is 10.1. The molecule has 0 fully saturated rings. The summed E-state index contributed by atoms with van der Waals surface area (Å²) in [7, 11) is 0. The Hall–Kier alpha value is -2.30. The second kappa shape index (κ2) is 7.47. The lowest BCUT2D eigenvalue weighted by molar-refractivity contribution is -0.137. The van der Waals surface area contributed by atoms with E-state index in [0.29, 0.717) is 18.5 Å². The molecule has 0 aliphatic rings. The predicted octanol–water partition coefficient (Wildman–Crippen LogP) is 2.93. The zero-order valence-electron chi connectivity index (χ0n) is 11.9. The molecule has 1 aromatic heterocycles. The van der Waals surface area contributed by atoms with Crippen LogP contribution in [0.5, 0.6) is 0 Å². The SMILES string of the molecule is O=C(O)CCCCCCNC(=O)c1ccc2cc[nH]c2c1. The lowest BCUT2D eigenvalue weighted by Crippen LogP contribution is -2.24. The molecule has 1 amide bonds. The number of carbonyl (C=O) groups is 2. The number of aromatic nitrogens is 1. The fourth-order valence-electron chi connectivity index (χ4n) is 2.25. The van der Waals surface area contributed by atoms with E-state index in [1.807, 2.05) is 30.5 Å². The summed E-state index contributed by atoms with van der Waals surface area (Å²) in [5, 5.41) is 12.5. The van der Waals surface area contributed by atoms with Crippen molar-refractivity contribution in [2.45, 2.75) is 32.1 Å². The molecule has 0 unspecified atom stereocenters. The van der Waals surface area contributed by atoms with Crippen molar-refractivity contribution in [3.63, 3.8) is 0 Å². The Morgan fingerprint density at radius 3 is 2.71 bits per heavy atom. The van der Waals surface area contributed by atoms with Gasteiger partial charge in [-0.2, -0.15) is 0 Å². The van der Waals surface area contributed by atoms with Crippen LogP contribution in [0.2, 0.25) is 0 Å². The van der Waals surface area contributed by atoms with Gasteiger partial charge in [0.1, 0.15) is 0 Å². The van der Waals surface area contributed by atoms with E-state index in [-0.39, 0.29) is 12.3 Å². The number of rotatable bonds is 8. The van der Waals surface area contributed by atoms with Crippen LogP contribution in [0.15, 0.2) is 30.5 Å². The fraction of sp³-hybridized carbons (Fsp3) is 0.375. The molecule has 2 rings (SSSR count). The molecule has 0 bridgehead atoms. The third-order valence-electron chi connectivity index (χ3n) is 3.42. The third-order valence-corrected chi connectivity index (χ3v) is 3.42. The standard InChI is InChI=1S/C16H20N2O3/c19-15(20)5-3-1-2-4-9-18-16(21)13-7-6-12-8-10-17-14(12)11-13/h6-8,10-11,17H,1-5,9H2,(H,18,21)(H,19,20). The maximum absolute atomic E-state index is 12.0. The van der Waals surface area contributed by atoms with E-state index >= 15 is 0 Å². The van der Waals surface area contributed by atoms with Crippen LogP contribution in [-0.4, -0.2) is 28.5 Å². The molecule has 0 radical (unpaired) electrons. The summed E-state index contributed by atoms with van der Waals surface area (Å²) in [6.07, 6.45) is 5.47. The van der Waals surface area contributed by atoms with E-state index in [1.54, 1.807) is 0 Å². The molecule has 0 spiro atoms. The largest absolute Gasteiger partial charge is 0.481 e. The second-order valence-electron chi connectivity index (χ2n) is 5.09. The van der Waals surface area contributed by atoms with Gasteiger partial charge in [0, 0.05) is 30.2 Å². The smallest absolute Gasteiger partial charge is 0.303 e. The highest BCUT2D eigenvalue weighted by Crippen LogP contribution is 2.14. The Balaban J connectivity index is 1.68. The molecule has 112 valence electrons. The molecule has 3 N–H and O–H groups in total. The van der Waals surface area contributed by atoms with Crippen LogP contribution in [0.3, 0.4) is 0 Å². The van der Waals surface area contributed by atoms with Crippen molar-refractivity contribution in [3.05, 3.63) is 36.0 Å². The molecule has 0 aliphatic heterocycles. The quantitative estimate of drug-likeness (QED) is 0.653. The highest BCUT2D eigenvalue weighted by molar-refractivity contribution is 5.97. The molecular weight excluding hydrogens is 268 g/mol. The van der Waals surface area contributed by atoms with Crippen molar-refractivity contribution in [2.75, 3.05) is 6.54 Å². The van der Waals surface area contributed by atoms with Gasteiger partial charge in [-0.15, -0.1) is 0 Å². The first-order valence-electron chi connectivity index (χ1n) is 7.24. The third kappa shape index (κ3) is 4.63. The van der Waals surface area contributed by atoms with Gasteiger partial charge in [-0.05, 0) is 36.4 Å². The summed E-state index contributed by atoms with van der Waals surface area (Å²) in [5.41, 5.74) is 1.60. The van der Waals surface area contributed by atoms with Crippen LogP contribution in [0, 0.1) is 0 Å². The van der Waals surface area contributed by atoms with Gasteiger partial charge in [-0.25, -0.2) is 0 Å². The van der Waals surface area contributed by atoms with Crippen LogP contribution in [0.25, 0.3) is 10.9 Å². The minimum atomic E-state index is -0.747. The summed E-state index contributed by atoms with van der Waals surface area (Å²) < 4.78 is 0. The first-order chi connectivity index (χ1) is 10.2. The van der Waals surface area contributed by atoms with Crippen molar-refractivity contribution in [3.8, 4) is 0 Å². The average molecular weight is 288 g/mol. The van der Waals surface area contributed by atoms with Crippen LogP contribution >= 0.6 is 0 Å². The summed E-state index contributed by atoms with van der Waals surface area (Å²) in [5.74, 6) is -0.819. The molecule has 0 saturated carbocycles. The first-order valence-corrected chi connectivity index (χ1v) is 7.24. The monoisotopic (exact) mass is 288 g/mol. The number of hydrogen-bond donors (Lipinski definition) is 3. The molecule has 0 atom stereocenters. The van der Waals surface area contributed by atoms with Crippen LogP contribution < -0.4 is 5.32 Å². The van der Waals surface area contributed by atoms with Crippen LogP contribution in [-0.2, 0) is 4.79 Å². The number of H-pyrrole nitrogens is 1. The summed E-state index contributed by atoms with van der Waals surface area (Å²) in [6.45, 7) is 0.620. The zero-order chi connectivity index (χ0) is 15.1. The Kier molecular flexibility index (Phi) is 5.37. The number of aliphatic carboxylic acids is 1. The number of amides is 1. The van der Waals surface area contributed by atoms with Gasteiger partial charge in [-0.1, -0.05) is 18.9 Å². The van der Waals surface area contributed by atoms with Crippen molar-refractivity contribution in [1.82, 2.24) is 10.3 Å². The van der Waals surface area contributed by atoms with E-state index in [2.05, 4.69) is 10.3 Å². The first kappa shape index (κ1) is 15.1. The minimum absolute atomic E-state index is 0.0722. The van der Waals surface area contributed by atoms with E-state index < -0.39 is 5.97 Å². The normalized spacial score (nSPS) is 10.7. The van der Waals surface area contributed by atoms with Crippen molar-refractivity contribution in [2.24, 2.45) is 0 Å². The zero-order valence-corrected chi connectivity index (χ0v) is 11.9. The number of carboxylic acid groups (broad SMARTS) is 1. The Morgan fingerprint density at radius 2 is 1.90 bits per heavy atom. The van der Waals surface area contributed by atoms with Gasteiger partial charge >= 0.3 is 5.97 Å². The van der Waals surface area contributed by atoms with E-state index in [1.165, 1.54) is 0 Å². The second-order valence-corrected chi connectivity index (χ2v) is 5.09. The van der Waals surface area contributed by atoms with Crippen LogP contribution in [0.1, 0.15) is 42.5 Å². The number of benzene rings is 1. The van der Waals surface area contributed by atoms with Crippen molar-refractivity contribution in [1.29, 1.82) is 0 Å². The van der Waals surface area contributed by atoms with Gasteiger partial charge in [0.2, 0.25) is 0 Å². The number of aromatic amines is 1. The maximum Gasteiger partial charge on any atom is 0.303 e. The minimum Gasteiger partial charge on any atom is -0.481 e. The lowest BCUT2D eigenvalue weighted by Gasteiger charge is -2.05. The Labute approximate surface area is 123 Å². The molecule has 21 heavy (non-hydrogen) atoms. The molecule has 1 heterocycles. The number of nitrogens with one attached hydrogen (secondary N) is 2. The Morgan fingerprint density at radius 1 is 1.10 bits per heavy atom. The van der Waals surface area contributed by atoms with Gasteiger partial charge in [0.25, 0.3) is 5.91 Å². The topological polar surface area (TPSA) is 82.2 Å². The number of fused-ring (bicyclic) bond motifs is 1. The van der Waals surface area contributed by atoms with Gasteiger partial charge < -0.3 is 15.4 Å². The molecule has 0 saturated heterocycles. The number of hydrogen-bond acceptors (Lipinski definition) is 2. The molecule has 2 aromatic rings. The average Bonchev–Trinajstić information content (AvgIpc) is 2.93. The molecular formula is C16H20N2O3. The van der Waals surface area contributed by atoms with E-state index in [9.17, 15) is 9.59 Å². The van der Waals surface area contributed by atoms with Gasteiger partial charge in [0.05, 0.1) is 0 Å². The van der Waals surface area contributed by atoms with Crippen molar-refractivity contribution < 1.29 is 14.7 Å². The summed E-state index contributed by atoms with van der Waals surface area (Å²) >= 11 is 0. The van der Waals surface area contributed by atoms with Gasteiger partial charge in [-0.3, -0.25) is 9.59 Å². The number of carbonyl (C=O) groups excluding carboxylic acids is 1. The summed E-state index contributed by atoms with van der Waals surface area (Å²) in [6, 6.07) is 7.55.